The van der Waals surface area contributed by atoms with Crippen molar-refractivity contribution in [3.05, 3.63) is 164 Å². The predicted molar refractivity (Wildman–Crippen MR) is 184 cm³/mol. The van der Waals surface area contributed by atoms with E-state index in [-0.39, 0.29) is 0 Å². The van der Waals surface area contributed by atoms with Gasteiger partial charge in [-0.2, -0.15) is 0 Å². The third-order valence-electron chi connectivity index (χ3n) is 8.77. The van der Waals surface area contributed by atoms with Crippen LogP contribution in [0.1, 0.15) is 0 Å². The van der Waals surface area contributed by atoms with Gasteiger partial charge in [-0.1, -0.05) is 103 Å². The lowest BCUT2D eigenvalue weighted by Gasteiger charge is -2.10. The zero-order valence-corrected chi connectivity index (χ0v) is 23.9. The van der Waals surface area contributed by atoms with Gasteiger partial charge in [0.1, 0.15) is 5.65 Å². The molecule has 6 aromatic carbocycles. The van der Waals surface area contributed by atoms with Gasteiger partial charge in [-0.15, -0.1) is 0 Å². The molecule has 206 valence electrons. The van der Waals surface area contributed by atoms with E-state index in [1.807, 2.05) is 6.20 Å². The summed E-state index contributed by atoms with van der Waals surface area (Å²) in [6, 6.07) is 56.3. The number of hydrogen-bond acceptors (Lipinski definition) is 1. The Hall–Kier alpha value is -5.93. The molecule has 0 aliphatic carbocycles. The average molecular weight is 562 g/mol. The van der Waals surface area contributed by atoms with Crippen LogP contribution in [0.2, 0.25) is 0 Å². The zero-order chi connectivity index (χ0) is 29.0. The molecule has 3 heterocycles. The highest BCUT2D eigenvalue weighted by atomic mass is 15.0. The van der Waals surface area contributed by atoms with Crippen LogP contribution in [0.3, 0.4) is 0 Å². The van der Waals surface area contributed by atoms with Crippen molar-refractivity contribution in [1.82, 2.24) is 14.1 Å². The Morgan fingerprint density at radius 2 is 0.864 bits per heavy atom. The second-order valence-electron chi connectivity index (χ2n) is 11.3. The molecule has 0 spiro atoms. The molecule has 0 fully saturated rings. The van der Waals surface area contributed by atoms with E-state index in [2.05, 4.69) is 167 Å². The molecule has 0 amide bonds. The fourth-order valence-corrected chi connectivity index (χ4v) is 6.70. The van der Waals surface area contributed by atoms with Gasteiger partial charge < -0.3 is 4.57 Å². The zero-order valence-electron chi connectivity index (χ0n) is 23.9. The summed E-state index contributed by atoms with van der Waals surface area (Å²) in [5, 5.41) is 4.84. The van der Waals surface area contributed by atoms with Crippen molar-refractivity contribution >= 4 is 43.7 Å². The van der Waals surface area contributed by atoms with Crippen molar-refractivity contribution < 1.29 is 0 Å². The first-order valence-corrected chi connectivity index (χ1v) is 15.0. The number of benzene rings is 6. The molecule has 0 saturated carbocycles. The standard InChI is InChI=1S/C41H27N3/c1-3-11-28(12-4-1)29-19-22-33(23-20-29)43-38-17-9-7-15-34(38)36-25-30(21-24-40(36)43)31-26-37-35-16-8-10-18-39(35)44(41(37)42-27-31)32-13-5-2-6-14-32/h1-27H. The number of aromatic nitrogens is 3. The molecule has 0 radical (unpaired) electrons. The summed E-state index contributed by atoms with van der Waals surface area (Å²) >= 11 is 0. The molecule has 3 heteroatoms. The van der Waals surface area contributed by atoms with E-state index in [9.17, 15) is 0 Å². The van der Waals surface area contributed by atoms with E-state index in [1.165, 1.54) is 38.3 Å². The van der Waals surface area contributed by atoms with Crippen molar-refractivity contribution in [2.45, 2.75) is 0 Å². The van der Waals surface area contributed by atoms with Crippen LogP contribution in [0.4, 0.5) is 0 Å². The van der Waals surface area contributed by atoms with E-state index in [0.29, 0.717) is 0 Å². The number of nitrogens with zero attached hydrogens (tertiary/aromatic N) is 3. The third-order valence-corrected chi connectivity index (χ3v) is 8.77. The van der Waals surface area contributed by atoms with Gasteiger partial charge in [0.25, 0.3) is 0 Å². The molecule has 3 nitrogen and oxygen atoms in total. The summed E-state index contributed by atoms with van der Waals surface area (Å²) in [4.78, 5) is 5.06. The highest BCUT2D eigenvalue weighted by molar-refractivity contribution is 6.12. The van der Waals surface area contributed by atoms with Gasteiger partial charge in [0.15, 0.2) is 0 Å². The van der Waals surface area contributed by atoms with E-state index < -0.39 is 0 Å². The minimum atomic E-state index is 0.970. The maximum Gasteiger partial charge on any atom is 0.145 e. The van der Waals surface area contributed by atoms with Crippen LogP contribution in [-0.4, -0.2) is 14.1 Å². The van der Waals surface area contributed by atoms with Gasteiger partial charge in [0.2, 0.25) is 0 Å². The van der Waals surface area contributed by atoms with Crippen molar-refractivity contribution in [2.75, 3.05) is 0 Å². The van der Waals surface area contributed by atoms with Crippen molar-refractivity contribution in [3.8, 4) is 33.6 Å². The molecule has 0 aliphatic rings. The van der Waals surface area contributed by atoms with Crippen molar-refractivity contribution in [2.24, 2.45) is 0 Å². The molecule has 9 aromatic rings. The highest BCUT2D eigenvalue weighted by Crippen LogP contribution is 2.37. The Bertz CT molecular complexity index is 2470. The molecule has 0 aliphatic heterocycles. The highest BCUT2D eigenvalue weighted by Gasteiger charge is 2.16. The topological polar surface area (TPSA) is 22.8 Å². The van der Waals surface area contributed by atoms with E-state index >= 15 is 0 Å². The summed E-state index contributed by atoms with van der Waals surface area (Å²) in [7, 11) is 0. The lowest BCUT2D eigenvalue weighted by atomic mass is 10.0. The summed E-state index contributed by atoms with van der Waals surface area (Å²) in [5.74, 6) is 0. The summed E-state index contributed by atoms with van der Waals surface area (Å²) in [6.07, 6.45) is 2.02. The molecule has 0 N–H and O–H groups in total. The van der Waals surface area contributed by atoms with Crippen LogP contribution in [0, 0.1) is 0 Å². The Balaban J connectivity index is 1.20. The lowest BCUT2D eigenvalue weighted by molar-refractivity contribution is 1.14. The molecule has 44 heavy (non-hydrogen) atoms. The quantitative estimate of drug-likeness (QED) is 0.210. The van der Waals surface area contributed by atoms with Crippen LogP contribution in [0.25, 0.3) is 77.4 Å². The van der Waals surface area contributed by atoms with Crippen LogP contribution < -0.4 is 0 Å². The van der Waals surface area contributed by atoms with Gasteiger partial charge in [-0.25, -0.2) is 4.98 Å². The Morgan fingerprint density at radius 1 is 0.341 bits per heavy atom. The third kappa shape index (κ3) is 3.80. The molecule has 9 rings (SSSR count). The number of hydrogen-bond donors (Lipinski definition) is 0. The smallest absolute Gasteiger partial charge is 0.145 e. The predicted octanol–water partition coefficient (Wildman–Crippen LogP) is 10.6. The van der Waals surface area contributed by atoms with Gasteiger partial charge in [-0.3, -0.25) is 4.57 Å². The Kier molecular flexibility index (Phi) is 5.50. The summed E-state index contributed by atoms with van der Waals surface area (Å²) < 4.78 is 4.63. The monoisotopic (exact) mass is 561 g/mol. The summed E-state index contributed by atoms with van der Waals surface area (Å²) in [5.41, 5.74) is 11.5. The second kappa shape index (κ2) is 9.82. The van der Waals surface area contributed by atoms with Gasteiger partial charge in [0.05, 0.1) is 16.6 Å². The first-order valence-electron chi connectivity index (χ1n) is 15.0. The molecule has 0 unspecified atom stereocenters. The average Bonchev–Trinajstić information content (AvgIpc) is 3.61. The molecule has 0 atom stereocenters. The number of fused-ring (bicyclic) bond motifs is 6. The number of para-hydroxylation sites is 3. The minimum Gasteiger partial charge on any atom is -0.309 e. The van der Waals surface area contributed by atoms with E-state index in [4.69, 9.17) is 4.98 Å². The van der Waals surface area contributed by atoms with Gasteiger partial charge >= 0.3 is 0 Å². The SMILES string of the molecule is c1ccc(-c2ccc(-n3c4ccccc4c4cc(-c5cnc6c(c5)c5ccccc5n6-c5ccccc5)ccc43)cc2)cc1. The van der Waals surface area contributed by atoms with Crippen LogP contribution in [0.5, 0.6) is 0 Å². The number of pyridine rings is 1. The van der Waals surface area contributed by atoms with E-state index in [0.717, 1.165) is 39.1 Å². The molecule has 3 aromatic heterocycles. The second-order valence-corrected chi connectivity index (χ2v) is 11.3. The van der Waals surface area contributed by atoms with E-state index in [1.54, 1.807) is 0 Å². The molecular formula is C41H27N3. The normalized spacial score (nSPS) is 11.6. The van der Waals surface area contributed by atoms with Gasteiger partial charge in [-0.05, 0) is 71.3 Å². The van der Waals surface area contributed by atoms with Crippen LogP contribution in [0.15, 0.2) is 164 Å². The number of rotatable bonds is 4. The molecular weight excluding hydrogens is 534 g/mol. The maximum atomic E-state index is 5.06. The summed E-state index contributed by atoms with van der Waals surface area (Å²) in [6.45, 7) is 0. The Morgan fingerprint density at radius 3 is 1.61 bits per heavy atom. The van der Waals surface area contributed by atoms with Crippen molar-refractivity contribution in [3.63, 3.8) is 0 Å². The minimum absolute atomic E-state index is 0.970. The van der Waals surface area contributed by atoms with Crippen LogP contribution >= 0.6 is 0 Å². The first kappa shape index (κ1) is 24.6. The molecule has 0 saturated heterocycles. The van der Waals surface area contributed by atoms with Crippen molar-refractivity contribution in [1.29, 1.82) is 0 Å². The fourth-order valence-electron chi connectivity index (χ4n) is 6.70. The Labute approximate surface area is 254 Å². The van der Waals surface area contributed by atoms with Crippen LogP contribution in [-0.2, 0) is 0 Å². The maximum absolute atomic E-state index is 5.06. The fraction of sp³-hybridized carbons (Fsp3) is 0. The molecule has 0 bridgehead atoms. The van der Waals surface area contributed by atoms with Gasteiger partial charge in [0, 0.05) is 44.7 Å². The first-order chi connectivity index (χ1) is 21.8. The lowest BCUT2D eigenvalue weighted by Crippen LogP contribution is -1.95. The largest absolute Gasteiger partial charge is 0.309 e.